The second-order valence-electron chi connectivity index (χ2n) is 5.24. The molecule has 23 heavy (non-hydrogen) atoms. The molecule has 1 atom stereocenters. The highest BCUT2D eigenvalue weighted by molar-refractivity contribution is 7.91. The number of methoxy groups -OCH3 is 2. The van der Waals surface area contributed by atoms with Gasteiger partial charge in [0.2, 0.25) is 0 Å². The quantitative estimate of drug-likeness (QED) is 0.872. The molecule has 0 aliphatic carbocycles. The minimum atomic E-state index is -3.56. The molecule has 0 radical (unpaired) electrons. The molecule has 2 aromatic carbocycles. The van der Waals surface area contributed by atoms with Gasteiger partial charge in [0.05, 0.1) is 25.7 Å². The molecule has 0 unspecified atom stereocenters. The van der Waals surface area contributed by atoms with Crippen molar-refractivity contribution in [3.8, 4) is 11.5 Å². The van der Waals surface area contributed by atoms with Gasteiger partial charge in [0, 0.05) is 11.6 Å². The van der Waals surface area contributed by atoms with E-state index in [9.17, 15) is 8.42 Å². The number of sulfone groups is 1. The lowest BCUT2D eigenvalue weighted by Crippen LogP contribution is -2.54. The molecule has 2 rings (SSSR count). The van der Waals surface area contributed by atoms with Gasteiger partial charge in [0.25, 0.3) is 0 Å². The first-order valence-corrected chi connectivity index (χ1v) is 8.80. The maximum atomic E-state index is 13.0. The fourth-order valence-electron chi connectivity index (χ4n) is 2.45. The fourth-order valence-corrected chi connectivity index (χ4v) is 4.14. The highest BCUT2D eigenvalue weighted by Crippen LogP contribution is 2.35. The molecular formula is C17H22NO4S+. The van der Waals surface area contributed by atoms with Crippen LogP contribution in [-0.2, 0) is 9.84 Å². The van der Waals surface area contributed by atoms with Crippen molar-refractivity contribution >= 4 is 9.84 Å². The Labute approximate surface area is 137 Å². The van der Waals surface area contributed by atoms with Crippen LogP contribution in [0.4, 0.5) is 0 Å². The predicted molar refractivity (Wildman–Crippen MR) is 88.4 cm³/mol. The van der Waals surface area contributed by atoms with Crippen molar-refractivity contribution in [1.29, 1.82) is 0 Å². The Morgan fingerprint density at radius 1 is 1.04 bits per heavy atom. The van der Waals surface area contributed by atoms with E-state index in [-0.39, 0.29) is 11.4 Å². The lowest BCUT2D eigenvalue weighted by molar-refractivity contribution is -0.367. The molecule has 6 heteroatoms. The van der Waals surface area contributed by atoms with E-state index in [1.807, 2.05) is 6.92 Å². The summed E-state index contributed by atoms with van der Waals surface area (Å²) in [7, 11) is -0.494. The van der Waals surface area contributed by atoms with Crippen molar-refractivity contribution < 1.29 is 23.6 Å². The molecular weight excluding hydrogens is 314 g/mol. The Bertz CT molecular complexity index is 770. The summed E-state index contributed by atoms with van der Waals surface area (Å²) < 4.78 is 36.5. The van der Waals surface area contributed by atoms with Crippen LogP contribution in [0.15, 0.2) is 47.4 Å². The Kier molecular flexibility index (Phi) is 5.28. The van der Waals surface area contributed by atoms with E-state index in [1.54, 1.807) is 49.6 Å². The van der Waals surface area contributed by atoms with E-state index in [1.165, 1.54) is 7.11 Å². The smallest absolute Gasteiger partial charge is 0.191 e. The lowest BCUT2D eigenvalue weighted by Gasteiger charge is -2.18. The first-order chi connectivity index (χ1) is 10.9. The number of rotatable bonds is 6. The molecule has 0 aliphatic rings. The highest BCUT2D eigenvalue weighted by atomic mass is 32.2. The Morgan fingerprint density at radius 2 is 1.70 bits per heavy atom. The van der Waals surface area contributed by atoms with Crippen LogP contribution in [0.2, 0.25) is 0 Å². The van der Waals surface area contributed by atoms with Gasteiger partial charge in [0.15, 0.2) is 9.84 Å². The number of quaternary nitrogens is 1. The average Bonchev–Trinajstić information content (AvgIpc) is 2.56. The summed E-state index contributed by atoms with van der Waals surface area (Å²) in [5, 5.41) is -0.772. The predicted octanol–water partition coefficient (Wildman–Crippen LogP) is 1.77. The molecule has 0 aliphatic heterocycles. The van der Waals surface area contributed by atoms with Gasteiger partial charge in [-0.2, -0.15) is 0 Å². The van der Waals surface area contributed by atoms with Crippen LogP contribution in [0.5, 0.6) is 11.5 Å². The number of aryl methyl sites for hydroxylation is 1. The molecule has 0 heterocycles. The minimum absolute atomic E-state index is 0.207. The van der Waals surface area contributed by atoms with E-state index in [0.29, 0.717) is 17.1 Å². The van der Waals surface area contributed by atoms with E-state index in [0.717, 1.165) is 5.56 Å². The van der Waals surface area contributed by atoms with E-state index in [2.05, 4.69) is 5.73 Å². The summed E-state index contributed by atoms with van der Waals surface area (Å²) in [6.45, 7) is 2.13. The number of benzene rings is 2. The summed E-state index contributed by atoms with van der Waals surface area (Å²) in [4.78, 5) is 0.287. The first kappa shape index (κ1) is 17.3. The van der Waals surface area contributed by atoms with Crippen LogP contribution < -0.4 is 15.2 Å². The molecule has 0 saturated carbocycles. The molecule has 5 nitrogen and oxygen atoms in total. The summed E-state index contributed by atoms with van der Waals surface area (Å²) in [5.74, 6) is 1.09. The minimum Gasteiger partial charge on any atom is -0.497 e. The number of hydrogen-bond donors (Lipinski definition) is 1. The van der Waals surface area contributed by atoms with Crippen LogP contribution in [0, 0.1) is 6.92 Å². The van der Waals surface area contributed by atoms with Gasteiger partial charge in [-0.3, -0.25) is 0 Å². The third-order valence-corrected chi connectivity index (χ3v) is 5.94. The number of hydrogen-bond acceptors (Lipinski definition) is 4. The third-order valence-electron chi connectivity index (χ3n) is 3.77. The van der Waals surface area contributed by atoms with Gasteiger partial charge >= 0.3 is 0 Å². The van der Waals surface area contributed by atoms with Gasteiger partial charge < -0.3 is 15.2 Å². The van der Waals surface area contributed by atoms with E-state index >= 15 is 0 Å². The summed E-state index contributed by atoms with van der Waals surface area (Å²) in [5.41, 5.74) is 5.42. The molecule has 0 amide bonds. The molecule has 124 valence electrons. The lowest BCUT2D eigenvalue weighted by atomic mass is 10.1. The molecule has 0 spiro atoms. The first-order valence-electron chi connectivity index (χ1n) is 7.25. The van der Waals surface area contributed by atoms with Gasteiger partial charge in [-0.15, -0.1) is 0 Å². The monoisotopic (exact) mass is 336 g/mol. The van der Waals surface area contributed by atoms with Gasteiger partial charge in [-0.05, 0) is 25.1 Å². The van der Waals surface area contributed by atoms with Crippen molar-refractivity contribution in [2.45, 2.75) is 17.1 Å². The van der Waals surface area contributed by atoms with Crippen molar-refractivity contribution in [3.05, 3.63) is 53.6 Å². The van der Waals surface area contributed by atoms with E-state index in [4.69, 9.17) is 9.47 Å². The Morgan fingerprint density at radius 3 is 2.22 bits per heavy atom. The maximum absolute atomic E-state index is 13.0. The van der Waals surface area contributed by atoms with Crippen LogP contribution in [0.1, 0.15) is 16.4 Å². The van der Waals surface area contributed by atoms with Crippen molar-refractivity contribution in [1.82, 2.24) is 0 Å². The zero-order chi connectivity index (χ0) is 17.0. The maximum Gasteiger partial charge on any atom is 0.191 e. The van der Waals surface area contributed by atoms with Crippen molar-refractivity contribution in [3.63, 3.8) is 0 Å². The molecule has 3 N–H and O–H groups in total. The molecule has 0 bridgehead atoms. The summed E-state index contributed by atoms with van der Waals surface area (Å²) in [6.07, 6.45) is 0. The fraction of sp³-hybridized carbons (Fsp3) is 0.294. The highest BCUT2D eigenvalue weighted by Gasteiger charge is 2.32. The largest absolute Gasteiger partial charge is 0.497 e. The zero-order valence-corrected chi connectivity index (χ0v) is 14.4. The molecule has 0 saturated heterocycles. The van der Waals surface area contributed by atoms with Gasteiger partial charge in [0.1, 0.15) is 16.7 Å². The second kappa shape index (κ2) is 7.02. The SMILES string of the molecule is COc1ccc([C@H](C[NH3+])S(=O)(=O)c2ccc(C)cc2)c(OC)c1. The number of ether oxygens (including phenoxy) is 2. The van der Waals surface area contributed by atoms with Crippen LogP contribution in [0.3, 0.4) is 0 Å². The molecule has 0 aromatic heterocycles. The Balaban J connectivity index is 2.52. The normalized spacial score (nSPS) is 12.7. The average molecular weight is 336 g/mol. The van der Waals surface area contributed by atoms with Crippen LogP contribution in [-0.4, -0.2) is 29.2 Å². The van der Waals surface area contributed by atoms with Crippen molar-refractivity contribution in [2.75, 3.05) is 20.8 Å². The van der Waals surface area contributed by atoms with Gasteiger partial charge in [-0.25, -0.2) is 8.42 Å². The topological polar surface area (TPSA) is 80.2 Å². The summed E-state index contributed by atoms with van der Waals surface area (Å²) in [6, 6.07) is 12.0. The van der Waals surface area contributed by atoms with Crippen LogP contribution in [0.25, 0.3) is 0 Å². The van der Waals surface area contributed by atoms with Crippen molar-refractivity contribution in [2.24, 2.45) is 0 Å². The third kappa shape index (κ3) is 3.48. The standard InChI is InChI=1S/C17H21NO4S/c1-12-4-7-14(8-5-12)23(19,20)17(11-18)15-9-6-13(21-2)10-16(15)22-3/h4-10,17H,11,18H2,1-3H3/p+1/t17-/m0/s1. The Hall–Kier alpha value is -2.05. The molecule has 0 fully saturated rings. The van der Waals surface area contributed by atoms with E-state index < -0.39 is 15.1 Å². The molecule has 2 aromatic rings. The zero-order valence-electron chi connectivity index (χ0n) is 13.6. The van der Waals surface area contributed by atoms with Crippen LogP contribution >= 0.6 is 0 Å². The second-order valence-corrected chi connectivity index (χ2v) is 7.37. The summed E-state index contributed by atoms with van der Waals surface area (Å²) >= 11 is 0. The van der Waals surface area contributed by atoms with Gasteiger partial charge in [-0.1, -0.05) is 23.8 Å².